The standard InChI is InChI=1S/C19H27N5O3/c1-9(2)20-18(26)13-7-14(15(25)8-13)22-19(27)16-12(5)23-24-11(4)6-10(3)21-17(16)24/h6,9,13-15,25H,7-8H2,1-5H3,(H,20,26)(H,22,27)/t13-,14-,15-/m0/s1. The maximum Gasteiger partial charge on any atom is 0.257 e. The summed E-state index contributed by atoms with van der Waals surface area (Å²) in [5.74, 6) is -0.713. The number of amides is 2. The number of nitrogens with one attached hydrogen (secondary N) is 2. The van der Waals surface area contributed by atoms with Crippen molar-refractivity contribution in [1.29, 1.82) is 0 Å². The highest BCUT2D eigenvalue weighted by Crippen LogP contribution is 2.27. The molecular formula is C19H27N5O3. The number of rotatable bonds is 4. The molecule has 2 aromatic rings. The Morgan fingerprint density at radius 3 is 2.63 bits per heavy atom. The van der Waals surface area contributed by atoms with Gasteiger partial charge in [0, 0.05) is 23.3 Å². The van der Waals surface area contributed by atoms with Gasteiger partial charge in [0.1, 0.15) is 5.56 Å². The minimum absolute atomic E-state index is 0.0438. The van der Waals surface area contributed by atoms with Crippen LogP contribution in [-0.2, 0) is 4.79 Å². The van der Waals surface area contributed by atoms with E-state index in [1.807, 2.05) is 33.8 Å². The molecular weight excluding hydrogens is 346 g/mol. The molecule has 3 atom stereocenters. The van der Waals surface area contributed by atoms with Crippen LogP contribution in [0.25, 0.3) is 5.65 Å². The second-order valence-electron chi connectivity index (χ2n) is 7.71. The fraction of sp³-hybridized carbons (Fsp3) is 0.579. The minimum Gasteiger partial charge on any atom is -0.391 e. The molecule has 0 saturated heterocycles. The van der Waals surface area contributed by atoms with E-state index in [1.165, 1.54) is 0 Å². The number of hydrogen-bond donors (Lipinski definition) is 3. The zero-order valence-electron chi connectivity index (χ0n) is 16.4. The summed E-state index contributed by atoms with van der Waals surface area (Å²) < 4.78 is 1.65. The Hall–Kier alpha value is -2.48. The quantitative estimate of drug-likeness (QED) is 0.742. The van der Waals surface area contributed by atoms with Crippen LogP contribution in [0.4, 0.5) is 0 Å². The number of carbonyl (C=O) groups excluding carboxylic acids is 2. The first-order chi connectivity index (χ1) is 12.7. The third-order valence-electron chi connectivity index (χ3n) is 4.94. The fourth-order valence-electron chi connectivity index (χ4n) is 3.72. The van der Waals surface area contributed by atoms with E-state index in [4.69, 9.17) is 0 Å². The third-order valence-corrected chi connectivity index (χ3v) is 4.94. The Morgan fingerprint density at radius 2 is 1.96 bits per heavy atom. The lowest BCUT2D eigenvalue weighted by Gasteiger charge is -2.16. The smallest absolute Gasteiger partial charge is 0.257 e. The SMILES string of the molecule is Cc1cc(C)n2nc(C)c(C(=O)N[C@H]3C[C@H](C(=O)NC(C)C)C[C@@H]3O)c2n1. The molecule has 0 aromatic carbocycles. The number of carbonyl (C=O) groups is 2. The van der Waals surface area contributed by atoms with E-state index in [9.17, 15) is 14.7 Å². The first-order valence-electron chi connectivity index (χ1n) is 9.30. The number of aliphatic hydroxyl groups is 1. The molecule has 1 fully saturated rings. The molecule has 1 aliphatic carbocycles. The topological polar surface area (TPSA) is 109 Å². The van der Waals surface area contributed by atoms with Gasteiger partial charge in [0.2, 0.25) is 5.91 Å². The predicted molar refractivity (Wildman–Crippen MR) is 100 cm³/mol. The monoisotopic (exact) mass is 373 g/mol. The van der Waals surface area contributed by atoms with Gasteiger partial charge in [-0.3, -0.25) is 9.59 Å². The summed E-state index contributed by atoms with van der Waals surface area (Å²) in [7, 11) is 0. The van der Waals surface area contributed by atoms with Crippen molar-refractivity contribution in [3.8, 4) is 0 Å². The fourth-order valence-corrected chi connectivity index (χ4v) is 3.72. The Balaban J connectivity index is 1.79. The second-order valence-corrected chi connectivity index (χ2v) is 7.71. The van der Waals surface area contributed by atoms with Gasteiger partial charge in [-0.1, -0.05) is 0 Å². The van der Waals surface area contributed by atoms with Crippen molar-refractivity contribution in [3.63, 3.8) is 0 Å². The molecule has 2 heterocycles. The van der Waals surface area contributed by atoms with Crippen molar-refractivity contribution in [2.24, 2.45) is 5.92 Å². The molecule has 3 N–H and O–H groups in total. The average Bonchev–Trinajstić information content (AvgIpc) is 3.07. The summed E-state index contributed by atoms with van der Waals surface area (Å²) in [6.07, 6.45) is -0.00133. The highest BCUT2D eigenvalue weighted by Gasteiger charge is 2.38. The minimum atomic E-state index is -0.754. The molecule has 0 radical (unpaired) electrons. The van der Waals surface area contributed by atoms with E-state index < -0.39 is 12.1 Å². The largest absolute Gasteiger partial charge is 0.391 e. The van der Waals surface area contributed by atoms with E-state index in [2.05, 4.69) is 20.7 Å². The third kappa shape index (κ3) is 3.80. The van der Waals surface area contributed by atoms with Gasteiger partial charge in [0.15, 0.2) is 5.65 Å². The van der Waals surface area contributed by atoms with E-state index in [0.29, 0.717) is 29.7 Å². The lowest BCUT2D eigenvalue weighted by Crippen LogP contribution is -2.40. The highest BCUT2D eigenvalue weighted by molar-refractivity contribution is 6.01. The summed E-state index contributed by atoms with van der Waals surface area (Å²) in [6.45, 7) is 9.34. The Kier molecular flexibility index (Phi) is 5.19. The van der Waals surface area contributed by atoms with Crippen molar-refractivity contribution in [3.05, 3.63) is 28.7 Å². The molecule has 3 rings (SSSR count). The van der Waals surface area contributed by atoms with Crippen LogP contribution in [0.1, 0.15) is 54.1 Å². The van der Waals surface area contributed by atoms with Crippen LogP contribution in [-0.4, -0.2) is 49.7 Å². The zero-order valence-corrected chi connectivity index (χ0v) is 16.4. The van der Waals surface area contributed by atoms with Gasteiger partial charge >= 0.3 is 0 Å². The lowest BCUT2D eigenvalue weighted by atomic mass is 10.1. The summed E-state index contributed by atoms with van der Waals surface area (Å²) in [5.41, 5.74) is 3.19. The second kappa shape index (κ2) is 7.26. The van der Waals surface area contributed by atoms with E-state index in [0.717, 1.165) is 11.4 Å². The molecule has 146 valence electrons. The number of aliphatic hydroxyl groups excluding tert-OH is 1. The lowest BCUT2D eigenvalue weighted by molar-refractivity contribution is -0.125. The van der Waals surface area contributed by atoms with Crippen LogP contribution in [0.5, 0.6) is 0 Å². The first kappa shape index (κ1) is 19.3. The van der Waals surface area contributed by atoms with Gasteiger partial charge in [0.25, 0.3) is 5.91 Å². The van der Waals surface area contributed by atoms with E-state index in [1.54, 1.807) is 11.4 Å². The van der Waals surface area contributed by atoms with Gasteiger partial charge in [-0.05, 0) is 53.5 Å². The average molecular weight is 373 g/mol. The normalized spacial score (nSPS) is 22.4. The van der Waals surface area contributed by atoms with Crippen molar-refractivity contribution in [2.75, 3.05) is 0 Å². The number of aryl methyl sites for hydroxylation is 3. The van der Waals surface area contributed by atoms with Crippen molar-refractivity contribution < 1.29 is 14.7 Å². The van der Waals surface area contributed by atoms with Crippen molar-refractivity contribution in [2.45, 2.75) is 65.6 Å². The Labute approximate surface area is 158 Å². The summed E-state index contributed by atoms with van der Waals surface area (Å²) in [4.78, 5) is 29.6. The molecule has 2 amide bonds. The molecule has 0 aliphatic heterocycles. The van der Waals surface area contributed by atoms with Gasteiger partial charge < -0.3 is 15.7 Å². The van der Waals surface area contributed by atoms with Gasteiger partial charge in [-0.15, -0.1) is 0 Å². The highest BCUT2D eigenvalue weighted by atomic mass is 16.3. The van der Waals surface area contributed by atoms with Crippen LogP contribution < -0.4 is 10.6 Å². The number of aromatic nitrogens is 3. The van der Waals surface area contributed by atoms with Crippen molar-refractivity contribution >= 4 is 17.5 Å². The molecule has 27 heavy (non-hydrogen) atoms. The molecule has 0 spiro atoms. The number of hydrogen-bond acceptors (Lipinski definition) is 5. The van der Waals surface area contributed by atoms with E-state index in [-0.39, 0.29) is 23.8 Å². The molecule has 8 heteroatoms. The van der Waals surface area contributed by atoms with Crippen molar-refractivity contribution in [1.82, 2.24) is 25.2 Å². The Bertz CT molecular complexity index is 889. The van der Waals surface area contributed by atoms with Crippen LogP contribution in [0.3, 0.4) is 0 Å². The molecule has 1 aliphatic rings. The van der Waals surface area contributed by atoms with E-state index >= 15 is 0 Å². The number of nitrogens with zero attached hydrogens (tertiary/aromatic N) is 3. The van der Waals surface area contributed by atoms with Gasteiger partial charge in [-0.2, -0.15) is 5.10 Å². The summed E-state index contributed by atoms with van der Waals surface area (Å²) in [5, 5.41) is 20.5. The van der Waals surface area contributed by atoms with Gasteiger partial charge in [0.05, 0.1) is 17.8 Å². The zero-order chi connectivity index (χ0) is 19.9. The molecule has 8 nitrogen and oxygen atoms in total. The van der Waals surface area contributed by atoms with Crippen LogP contribution in [0.2, 0.25) is 0 Å². The summed E-state index contributed by atoms with van der Waals surface area (Å²) in [6, 6.07) is 1.47. The number of fused-ring (bicyclic) bond motifs is 1. The maximum absolute atomic E-state index is 12.9. The van der Waals surface area contributed by atoms with Crippen LogP contribution in [0.15, 0.2) is 6.07 Å². The molecule has 0 unspecified atom stereocenters. The molecule has 2 aromatic heterocycles. The Morgan fingerprint density at radius 1 is 1.26 bits per heavy atom. The molecule has 0 bridgehead atoms. The van der Waals surface area contributed by atoms with Gasteiger partial charge in [-0.25, -0.2) is 9.50 Å². The predicted octanol–water partition coefficient (Wildman–Crippen LogP) is 1.05. The van der Waals surface area contributed by atoms with Crippen LogP contribution in [0, 0.1) is 26.7 Å². The molecule has 1 saturated carbocycles. The summed E-state index contributed by atoms with van der Waals surface area (Å²) >= 11 is 0. The maximum atomic E-state index is 12.9. The first-order valence-corrected chi connectivity index (χ1v) is 9.30. The van der Waals surface area contributed by atoms with Crippen LogP contribution >= 0.6 is 0 Å².